The van der Waals surface area contributed by atoms with Crippen LogP contribution in [0.3, 0.4) is 0 Å². The second-order valence-corrected chi connectivity index (χ2v) is 18.9. The Hall–Kier alpha value is -3.48. The number of halogens is 26. The fourth-order valence-electron chi connectivity index (χ4n) is 5.97. The lowest BCUT2D eigenvalue weighted by molar-refractivity contribution is -0.439. The van der Waals surface area contributed by atoms with E-state index in [1.807, 2.05) is 0 Å². The number of hydrogen-bond acceptors (Lipinski definition) is 4. The Labute approximate surface area is 396 Å². The van der Waals surface area contributed by atoms with Gasteiger partial charge in [-0.15, -0.1) is 0 Å². The molecule has 0 spiro atoms. The zero-order valence-corrected chi connectivity index (χ0v) is 37.8. The van der Waals surface area contributed by atoms with Gasteiger partial charge in [0.15, 0.2) is 0 Å². The number of hydrogen-bond donors (Lipinski definition) is 0. The molecule has 0 radical (unpaired) electrons. The Morgan fingerprint density at radius 3 is 0.764 bits per heavy atom. The Morgan fingerprint density at radius 2 is 0.528 bits per heavy atom. The van der Waals surface area contributed by atoms with Crippen LogP contribution in [0.4, 0.5) is 114 Å². The smallest absolute Gasteiger partial charge is 0.460 e. The fourth-order valence-corrected chi connectivity index (χ4v) is 8.20. The predicted octanol–water partition coefficient (Wildman–Crippen LogP) is 15.5. The maximum absolute atomic E-state index is 14.1. The number of benzene rings is 2. The van der Waals surface area contributed by atoms with Gasteiger partial charge < -0.3 is 9.47 Å². The Morgan fingerprint density at radius 1 is 0.306 bits per heavy atom. The summed E-state index contributed by atoms with van der Waals surface area (Å²) in [5, 5.41) is 0. The average molecular weight is 1140 g/mol. The molecule has 2 rings (SSSR count). The second kappa shape index (κ2) is 23.6. The predicted molar refractivity (Wildman–Crippen MR) is 203 cm³/mol. The molecule has 0 amide bonds. The molecule has 2 aromatic carbocycles. The van der Waals surface area contributed by atoms with Crippen LogP contribution >= 0.6 is 0 Å². The molecule has 2 atom stereocenters. The molecule has 0 N–H and O–H groups in total. The first-order valence-corrected chi connectivity index (χ1v) is 23.2. The lowest BCUT2D eigenvalue weighted by Crippen LogP contribution is -2.70. The maximum atomic E-state index is 14.1. The van der Waals surface area contributed by atoms with Crippen molar-refractivity contribution in [2.24, 2.45) is 0 Å². The molecule has 0 aliphatic carbocycles. The molecule has 72 heavy (non-hydrogen) atoms. The summed E-state index contributed by atoms with van der Waals surface area (Å²) in [6.07, 6.45) is -12.8. The molecule has 0 aliphatic rings. The van der Waals surface area contributed by atoms with Crippen LogP contribution in [0.1, 0.15) is 77.0 Å². The molecular weight excluding hydrogens is 1100 g/mol. The number of alkyl halides is 26. The molecule has 0 aliphatic heterocycles. The molecule has 2 aromatic rings. The maximum Gasteiger partial charge on any atom is 0.460 e. The van der Waals surface area contributed by atoms with Crippen molar-refractivity contribution in [3.8, 4) is 11.5 Å². The highest BCUT2D eigenvalue weighted by Crippen LogP contribution is 2.62. The van der Waals surface area contributed by atoms with Gasteiger partial charge in [0, 0.05) is 34.1 Å². The first kappa shape index (κ1) is 64.6. The summed E-state index contributed by atoms with van der Waals surface area (Å²) in [5.41, 5.74) is 0. The monoisotopic (exact) mass is 1140 g/mol. The van der Waals surface area contributed by atoms with Crippen LogP contribution in [0.5, 0.6) is 11.5 Å². The molecule has 0 aromatic heterocycles. The van der Waals surface area contributed by atoms with Gasteiger partial charge >= 0.3 is 71.6 Å². The van der Waals surface area contributed by atoms with Crippen LogP contribution in [0.25, 0.3) is 0 Å². The van der Waals surface area contributed by atoms with Crippen LogP contribution < -0.4 is 9.47 Å². The van der Waals surface area contributed by atoms with Crippen LogP contribution in [0.15, 0.2) is 58.3 Å². The molecule has 0 saturated heterocycles. The van der Waals surface area contributed by atoms with E-state index in [2.05, 4.69) is 0 Å². The van der Waals surface area contributed by atoms with Crippen LogP contribution in [0.2, 0.25) is 0 Å². The van der Waals surface area contributed by atoms with Crippen molar-refractivity contribution in [3.63, 3.8) is 0 Å². The molecular formula is C40H40F26O4S2. The summed E-state index contributed by atoms with van der Waals surface area (Å²) in [4.78, 5) is -0.766. The second-order valence-electron chi connectivity index (χ2n) is 15.8. The largest absolute Gasteiger partial charge is 0.494 e. The molecule has 0 saturated carbocycles. The third-order valence-corrected chi connectivity index (χ3v) is 13.2. The van der Waals surface area contributed by atoms with Crippen molar-refractivity contribution in [2.75, 3.05) is 24.7 Å². The number of ether oxygens (including phenoxy) is 2. The highest BCUT2D eigenvalue weighted by Gasteiger charge is 2.92. The van der Waals surface area contributed by atoms with Gasteiger partial charge in [-0.05, 0) is 61.4 Å². The SMILES string of the molecule is O=S(CCC(F)(F)C(F)(F)C(F)(F)C(F)(F)C(F)(F)C(F)(F)F)c1ccc(OCCCCCCCCCCCCOc2ccc(S(=O)CCC(F)(F)C(F)(F)C(F)(F)C(F)(F)C(F)(F)C(F)(F)F)cc2)cc1. The lowest BCUT2D eigenvalue weighted by atomic mass is 9.93. The summed E-state index contributed by atoms with van der Waals surface area (Å²) in [6.45, 7) is 0.311. The zero-order valence-electron chi connectivity index (χ0n) is 36.2. The van der Waals surface area contributed by atoms with E-state index in [9.17, 15) is 123 Å². The highest BCUT2D eigenvalue weighted by molar-refractivity contribution is 7.85. The summed E-state index contributed by atoms with van der Waals surface area (Å²) >= 11 is 0. The minimum absolute atomic E-state index is 0.141. The van der Waals surface area contributed by atoms with Gasteiger partial charge in [-0.3, -0.25) is 8.42 Å². The summed E-state index contributed by atoms with van der Waals surface area (Å²) in [7, 11) is -5.43. The quantitative estimate of drug-likeness (QED) is 0.0558. The third-order valence-electron chi connectivity index (χ3n) is 10.4. The average Bonchev–Trinajstić information content (AvgIpc) is 3.26. The normalized spacial score (nSPS) is 15.4. The topological polar surface area (TPSA) is 52.6 Å². The van der Waals surface area contributed by atoms with E-state index >= 15 is 0 Å². The van der Waals surface area contributed by atoms with Gasteiger partial charge in [0.2, 0.25) is 0 Å². The van der Waals surface area contributed by atoms with Crippen molar-refractivity contribution in [1.29, 1.82) is 0 Å². The van der Waals surface area contributed by atoms with Crippen molar-refractivity contribution >= 4 is 21.6 Å². The minimum atomic E-state index is -8.03. The Balaban J connectivity index is 1.65. The van der Waals surface area contributed by atoms with Crippen molar-refractivity contribution < 1.29 is 132 Å². The van der Waals surface area contributed by atoms with E-state index in [0.29, 0.717) is 25.7 Å². The van der Waals surface area contributed by atoms with E-state index in [4.69, 9.17) is 9.47 Å². The van der Waals surface area contributed by atoms with Crippen LogP contribution in [-0.2, 0) is 21.6 Å². The zero-order chi connectivity index (χ0) is 55.8. The molecule has 0 fully saturated rings. The molecule has 0 heterocycles. The molecule has 418 valence electrons. The Bertz CT molecular complexity index is 1910. The van der Waals surface area contributed by atoms with Gasteiger partial charge in [-0.25, -0.2) is 0 Å². The van der Waals surface area contributed by atoms with Gasteiger partial charge in [-0.2, -0.15) is 114 Å². The minimum Gasteiger partial charge on any atom is -0.494 e. The number of unbranched alkanes of at least 4 members (excludes halogenated alkanes) is 9. The van der Waals surface area contributed by atoms with E-state index in [1.54, 1.807) is 0 Å². The lowest BCUT2D eigenvalue weighted by Gasteiger charge is -2.39. The van der Waals surface area contributed by atoms with Crippen LogP contribution in [-0.4, -0.2) is 105 Å². The standard InChI is InChI=1S/C40H40F26O4S2/c41-29(42,31(45,46)33(49,50)35(53,54)37(57,58)39(61,62)63)19-23-71(67)27-15-11-25(12-16-27)69-21-9-7-5-3-1-2-4-6-8-10-22-70-26-13-17-28(18-14-26)72(68)24-20-30(43,44)32(47,48)34(51,52)36(55,56)38(59,60)40(64,65)66/h11-18H,1-10,19-24H2. The molecule has 4 nitrogen and oxygen atoms in total. The van der Waals surface area contributed by atoms with Gasteiger partial charge in [0.25, 0.3) is 0 Å². The van der Waals surface area contributed by atoms with Gasteiger partial charge in [0.05, 0.1) is 34.8 Å². The number of rotatable bonds is 31. The van der Waals surface area contributed by atoms with Crippen molar-refractivity contribution in [2.45, 2.75) is 158 Å². The van der Waals surface area contributed by atoms with Crippen molar-refractivity contribution in [3.05, 3.63) is 48.5 Å². The van der Waals surface area contributed by atoms with E-state index in [0.717, 1.165) is 87.1 Å². The van der Waals surface area contributed by atoms with E-state index in [1.165, 1.54) is 0 Å². The molecule has 32 heteroatoms. The third kappa shape index (κ3) is 13.9. The summed E-state index contributed by atoms with van der Waals surface area (Å²) in [5.74, 6) is -78.3. The van der Waals surface area contributed by atoms with Gasteiger partial charge in [-0.1, -0.05) is 51.4 Å². The van der Waals surface area contributed by atoms with E-state index in [-0.39, 0.29) is 34.5 Å². The van der Waals surface area contributed by atoms with Crippen molar-refractivity contribution in [1.82, 2.24) is 0 Å². The fraction of sp³-hybridized carbons (Fsp3) is 0.700. The van der Waals surface area contributed by atoms with Crippen LogP contribution in [0, 0.1) is 0 Å². The molecule has 2 unspecified atom stereocenters. The highest BCUT2D eigenvalue weighted by atomic mass is 32.2. The first-order chi connectivity index (χ1) is 32.4. The Kier molecular flexibility index (Phi) is 21.2. The summed E-state index contributed by atoms with van der Waals surface area (Å²) in [6, 6.07) is 8.51. The molecule has 0 bridgehead atoms. The van der Waals surface area contributed by atoms with E-state index < -0.39 is 118 Å². The summed E-state index contributed by atoms with van der Waals surface area (Å²) < 4.78 is 382. The first-order valence-electron chi connectivity index (χ1n) is 20.6. The van der Waals surface area contributed by atoms with Gasteiger partial charge in [0.1, 0.15) is 11.5 Å².